The van der Waals surface area contributed by atoms with E-state index in [2.05, 4.69) is 15.3 Å². The Balaban J connectivity index is 2.53. The largest absolute Gasteiger partial charge is 0.476 e. The Morgan fingerprint density at radius 1 is 1.62 bits per heavy atom. The molecule has 0 aromatic carbocycles. The number of hydrogen-bond acceptors (Lipinski definition) is 5. The molecule has 6 nitrogen and oxygen atoms in total. The van der Waals surface area contributed by atoms with Gasteiger partial charge in [-0.25, -0.2) is 9.78 Å². The number of hydrogen-bond donors (Lipinski definition) is 1. The molecule has 0 bridgehead atoms. The van der Waals surface area contributed by atoms with Gasteiger partial charge in [0.05, 0.1) is 11.4 Å². The molecular formula is C9H10N4O2S. The summed E-state index contributed by atoms with van der Waals surface area (Å²) in [5, 5.41) is 18.9. The number of aromatic nitrogens is 4. The third kappa shape index (κ3) is 1.69. The van der Waals surface area contributed by atoms with E-state index >= 15 is 0 Å². The van der Waals surface area contributed by atoms with Crippen molar-refractivity contribution in [3.8, 4) is 5.13 Å². The van der Waals surface area contributed by atoms with Gasteiger partial charge < -0.3 is 5.11 Å². The van der Waals surface area contributed by atoms with Crippen molar-refractivity contribution in [2.24, 2.45) is 0 Å². The van der Waals surface area contributed by atoms with E-state index < -0.39 is 5.97 Å². The summed E-state index contributed by atoms with van der Waals surface area (Å²) in [4.78, 5) is 15.1. The molecule has 0 radical (unpaired) electrons. The predicted molar refractivity (Wildman–Crippen MR) is 58.1 cm³/mol. The van der Waals surface area contributed by atoms with Crippen molar-refractivity contribution in [3.05, 3.63) is 22.5 Å². The molecule has 2 aromatic heterocycles. The topological polar surface area (TPSA) is 80.9 Å². The van der Waals surface area contributed by atoms with Gasteiger partial charge in [-0.3, -0.25) is 0 Å². The number of carbonyl (C=O) groups is 1. The summed E-state index contributed by atoms with van der Waals surface area (Å²) in [5.41, 5.74) is 1.45. The molecule has 0 saturated carbocycles. The van der Waals surface area contributed by atoms with Crippen molar-refractivity contribution < 1.29 is 9.90 Å². The first-order valence-electron chi connectivity index (χ1n) is 4.73. The van der Waals surface area contributed by atoms with Crippen LogP contribution >= 0.6 is 11.3 Å². The van der Waals surface area contributed by atoms with Gasteiger partial charge in [-0.05, 0) is 13.3 Å². The van der Waals surface area contributed by atoms with Crippen LogP contribution in [0.3, 0.4) is 0 Å². The van der Waals surface area contributed by atoms with E-state index in [0.29, 0.717) is 17.2 Å². The highest BCUT2D eigenvalue weighted by Gasteiger charge is 2.19. The highest BCUT2D eigenvalue weighted by Crippen LogP contribution is 2.17. The second-order valence-corrected chi connectivity index (χ2v) is 4.06. The lowest BCUT2D eigenvalue weighted by molar-refractivity contribution is 0.0689. The number of carboxylic acids is 1. The summed E-state index contributed by atoms with van der Waals surface area (Å²) in [6.07, 6.45) is 0.549. The molecule has 0 amide bonds. The molecule has 0 atom stereocenters. The summed E-state index contributed by atoms with van der Waals surface area (Å²) in [7, 11) is 0. The molecule has 1 N–H and O–H groups in total. The molecule has 2 aromatic rings. The fraction of sp³-hybridized carbons (Fsp3) is 0.333. The standard InChI is InChI=1S/C9H10N4O2S/c1-3-6-7(8(14)15)11-12-13(6)9-10-5(2)4-16-9/h4H,3H2,1-2H3,(H,14,15). The number of thiazole rings is 1. The molecule has 0 saturated heterocycles. The normalized spacial score (nSPS) is 10.6. The van der Waals surface area contributed by atoms with Gasteiger partial charge in [0.15, 0.2) is 5.69 Å². The molecule has 0 fully saturated rings. The van der Waals surface area contributed by atoms with E-state index in [-0.39, 0.29) is 5.69 Å². The average Bonchev–Trinajstić information content (AvgIpc) is 2.82. The molecule has 7 heteroatoms. The monoisotopic (exact) mass is 238 g/mol. The van der Waals surface area contributed by atoms with Gasteiger partial charge >= 0.3 is 5.97 Å². The van der Waals surface area contributed by atoms with E-state index in [9.17, 15) is 4.79 Å². The smallest absolute Gasteiger partial charge is 0.358 e. The Morgan fingerprint density at radius 3 is 2.88 bits per heavy atom. The molecule has 0 aliphatic heterocycles. The van der Waals surface area contributed by atoms with E-state index in [0.717, 1.165) is 5.69 Å². The van der Waals surface area contributed by atoms with Gasteiger partial charge in [0.2, 0.25) is 5.13 Å². The second-order valence-electron chi connectivity index (χ2n) is 3.23. The fourth-order valence-electron chi connectivity index (χ4n) is 1.38. The number of rotatable bonds is 3. The van der Waals surface area contributed by atoms with Crippen LogP contribution in [-0.2, 0) is 6.42 Å². The van der Waals surface area contributed by atoms with Crippen LogP contribution in [0.1, 0.15) is 28.8 Å². The van der Waals surface area contributed by atoms with Crippen LogP contribution in [0.15, 0.2) is 5.38 Å². The summed E-state index contributed by atoms with van der Waals surface area (Å²) in [6.45, 7) is 3.74. The molecule has 0 unspecified atom stereocenters. The quantitative estimate of drug-likeness (QED) is 0.871. The molecule has 16 heavy (non-hydrogen) atoms. The van der Waals surface area contributed by atoms with Crippen molar-refractivity contribution in [2.75, 3.05) is 0 Å². The summed E-state index contributed by atoms with van der Waals surface area (Å²) in [5.74, 6) is -1.06. The van der Waals surface area contributed by atoms with Crippen molar-refractivity contribution >= 4 is 17.3 Å². The summed E-state index contributed by atoms with van der Waals surface area (Å²) < 4.78 is 1.49. The minimum Gasteiger partial charge on any atom is -0.476 e. The zero-order valence-corrected chi connectivity index (χ0v) is 9.65. The lowest BCUT2D eigenvalue weighted by Crippen LogP contribution is -2.05. The van der Waals surface area contributed by atoms with Crippen LogP contribution < -0.4 is 0 Å². The molecule has 0 aliphatic carbocycles. The van der Waals surface area contributed by atoms with Crippen LogP contribution in [0.4, 0.5) is 0 Å². The fourth-order valence-corrected chi connectivity index (χ4v) is 2.15. The summed E-state index contributed by atoms with van der Waals surface area (Å²) >= 11 is 1.41. The molecule has 0 spiro atoms. The SMILES string of the molecule is CCc1c(C(=O)O)nnn1-c1nc(C)cs1. The van der Waals surface area contributed by atoms with Crippen LogP contribution in [0.5, 0.6) is 0 Å². The van der Waals surface area contributed by atoms with Crippen LogP contribution in [0.2, 0.25) is 0 Å². The highest BCUT2D eigenvalue weighted by molar-refractivity contribution is 7.12. The number of aromatic carboxylic acids is 1. The van der Waals surface area contributed by atoms with E-state index in [1.165, 1.54) is 16.0 Å². The van der Waals surface area contributed by atoms with Crippen LogP contribution in [-0.4, -0.2) is 31.1 Å². The molecule has 0 aliphatic rings. The Bertz CT molecular complexity index is 531. The van der Waals surface area contributed by atoms with Gasteiger partial charge in [-0.2, -0.15) is 4.68 Å². The van der Waals surface area contributed by atoms with Crippen LogP contribution in [0, 0.1) is 6.92 Å². The first kappa shape index (κ1) is 10.7. The van der Waals surface area contributed by atoms with Crippen molar-refractivity contribution in [3.63, 3.8) is 0 Å². The lowest BCUT2D eigenvalue weighted by Gasteiger charge is -1.99. The molecule has 2 rings (SSSR count). The zero-order chi connectivity index (χ0) is 11.7. The third-order valence-corrected chi connectivity index (χ3v) is 3.02. The average molecular weight is 238 g/mol. The van der Waals surface area contributed by atoms with Crippen molar-refractivity contribution in [1.29, 1.82) is 0 Å². The Morgan fingerprint density at radius 2 is 2.38 bits per heavy atom. The second kappa shape index (κ2) is 4.01. The van der Waals surface area contributed by atoms with Gasteiger partial charge in [0.1, 0.15) is 0 Å². The van der Waals surface area contributed by atoms with Gasteiger partial charge in [-0.15, -0.1) is 16.4 Å². The highest BCUT2D eigenvalue weighted by atomic mass is 32.1. The first-order chi connectivity index (χ1) is 7.63. The number of aryl methyl sites for hydroxylation is 1. The minimum atomic E-state index is -1.06. The lowest BCUT2D eigenvalue weighted by atomic mass is 10.2. The van der Waals surface area contributed by atoms with E-state index in [1.807, 2.05) is 19.2 Å². The van der Waals surface area contributed by atoms with Crippen molar-refractivity contribution in [1.82, 2.24) is 20.0 Å². The van der Waals surface area contributed by atoms with E-state index in [1.54, 1.807) is 0 Å². The van der Waals surface area contributed by atoms with Crippen molar-refractivity contribution in [2.45, 2.75) is 20.3 Å². The number of carboxylic acid groups (broad SMARTS) is 1. The minimum absolute atomic E-state index is 0.00430. The van der Waals surface area contributed by atoms with Gasteiger partial charge in [-0.1, -0.05) is 12.1 Å². The van der Waals surface area contributed by atoms with Crippen LogP contribution in [0.25, 0.3) is 5.13 Å². The molecule has 2 heterocycles. The van der Waals surface area contributed by atoms with Gasteiger partial charge in [0, 0.05) is 5.38 Å². The predicted octanol–water partition coefficient (Wildman–Crippen LogP) is 1.29. The maximum atomic E-state index is 10.9. The molecular weight excluding hydrogens is 228 g/mol. The van der Waals surface area contributed by atoms with E-state index in [4.69, 9.17) is 5.11 Å². The third-order valence-electron chi connectivity index (χ3n) is 2.09. The Hall–Kier alpha value is -1.76. The number of nitrogens with zero attached hydrogens (tertiary/aromatic N) is 4. The Labute approximate surface area is 95.6 Å². The zero-order valence-electron chi connectivity index (χ0n) is 8.84. The maximum absolute atomic E-state index is 10.9. The van der Waals surface area contributed by atoms with Gasteiger partial charge in [0.25, 0.3) is 0 Å². The Kier molecular flexibility index (Phi) is 2.69. The summed E-state index contributed by atoms with van der Waals surface area (Å²) in [6, 6.07) is 0. The maximum Gasteiger partial charge on any atom is 0.358 e. The first-order valence-corrected chi connectivity index (χ1v) is 5.61. The molecule has 84 valence electrons.